The number of hydrogen-bond acceptors (Lipinski definition) is 6. The molecule has 4 rings (SSSR count). The van der Waals surface area contributed by atoms with E-state index in [-0.39, 0.29) is 5.25 Å². The number of nitrogens with one attached hydrogen (secondary N) is 1. The summed E-state index contributed by atoms with van der Waals surface area (Å²) in [6.45, 7) is 1.89. The number of H-pyrrole nitrogens is 1. The zero-order chi connectivity index (χ0) is 16.7. The molecule has 3 aromatic heterocycles. The van der Waals surface area contributed by atoms with E-state index >= 15 is 0 Å². The first-order valence-electron chi connectivity index (χ1n) is 6.99. The molecular formula is C15H10F2N4OS2. The summed E-state index contributed by atoms with van der Waals surface area (Å²) in [6.07, 6.45) is 0. The molecule has 3 heterocycles. The van der Waals surface area contributed by atoms with Crippen LogP contribution in [0.15, 0.2) is 39.3 Å². The number of nitrogens with zero attached hydrogens (tertiary/aromatic N) is 3. The van der Waals surface area contributed by atoms with Gasteiger partial charge in [0.25, 0.3) is 0 Å². The van der Waals surface area contributed by atoms with Gasteiger partial charge in [0.1, 0.15) is 0 Å². The predicted octanol–water partition coefficient (Wildman–Crippen LogP) is 4.81. The van der Waals surface area contributed by atoms with Gasteiger partial charge in [0.05, 0.1) is 21.2 Å². The van der Waals surface area contributed by atoms with E-state index in [4.69, 9.17) is 4.52 Å². The highest BCUT2D eigenvalue weighted by Crippen LogP contribution is 2.34. The molecule has 0 saturated carbocycles. The Morgan fingerprint density at radius 3 is 2.88 bits per heavy atom. The van der Waals surface area contributed by atoms with Gasteiger partial charge in [0.15, 0.2) is 16.8 Å². The van der Waals surface area contributed by atoms with Crippen molar-refractivity contribution in [3.63, 3.8) is 0 Å². The summed E-state index contributed by atoms with van der Waals surface area (Å²) >= 11 is 2.87. The van der Waals surface area contributed by atoms with Crippen LogP contribution in [0.5, 0.6) is 0 Å². The second kappa shape index (κ2) is 5.99. The Hall–Kier alpha value is -2.26. The minimum atomic E-state index is -0.920. The fraction of sp³-hybridized carbons (Fsp3) is 0.133. The van der Waals surface area contributed by atoms with Crippen LogP contribution in [-0.4, -0.2) is 20.1 Å². The number of benzene rings is 1. The standard InChI is InChI=1S/C15H10F2N4OS2/c1-7(14-20-13(21-22-14)12-3-2-4-23-12)24-15-18-10-5-8(16)9(17)6-11(10)19-15/h2-7H,1H3,(H,18,19). The van der Waals surface area contributed by atoms with Gasteiger partial charge in [-0.05, 0) is 18.4 Å². The van der Waals surface area contributed by atoms with Crippen LogP contribution in [0.3, 0.4) is 0 Å². The van der Waals surface area contributed by atoms with E-state index in [1.807, 2.05) is 24.4 Å². The van der Waals surface area contributed by atoms with Crippen LogP contribution in [0.25, 0.3) is 21.7 Å². The molecule has 1 atom stereocenters. The minimum Gasteiger partial charge on any atom is -0.338 e. The Kier molecular flexibility index (Phi) is 3.81. The predicted molar refractivity (Wildman–Crippen MR) is 87.9 cm³/mol. The first-order valence-corrected chi connectivity index (χ1v) is 8.75. The average molecular weight is 364 g/mol. The summed E-state index contributed by atoms with van der Waals surface area (Å²) in [4.78, 5) is 12.5. The zero-order valence-corrected chi connectivity index (χ0v) is 13.9. The summed E-state index contributed by atoms with van der Waals surface area (Å²) in [6, 6.07) is 5.99. The Bertz CT molecular complexity index is 957. The van der Waals surface area contributed by atoms with Crippen molar-refractivity contribution in [1.29, 1.82) is 0 Å². The van der Waals surface area contributed by atoms with E-state index in [0.29, 0.717) is 27.9 Å². The third kappa shape index (κ3) is 2.80. The number of hydrogen-bond donors (Lipinski definition) is 1. The Morgan fingerprint density at radius 2 is 2.08 bits per heavy atom. The Morgan fingerprint density at radius 1 is 1.25 bits per heavy atom. The molecule has 0 fully saturated rings. The number of imidazole rings is 1. The Balaban J connectivity index is 1.56. The first-order chi connectivity index (χ1) is 11.6. The maximum absolute atomic E-state index is 13.3. The van der Waals surface area contributed by atoms with Crippen LogP contribution < -0.4 is 0 Å². The van der Waals surface area contributed by atoms with Crippen LogP contribution in [0.2, 0.25) is 0 Å². The summed E-state index contributed by atoms with van der Waals surface area (Å²) in [5.74, 6) is -0.827. The van der Waals surface area contributed by atoms with Crippen molar-refractivity contribution in [1.82, 2.24) is 20.1 Å². The second-order valence-corrected chi connectivity index (χ2v) is 7.30. The molecule has 0 aliphatic rings. The molecule has 9 heteroatoms. The molecule has 0 bridgehead atoms. The van der Waals surface area contributed by atoms with E-state index in [1.165, 1.54) is 23.1 Å². The van der Waals surface area contributed by atoms with Crippen molar-refractivity contribution in [2.24, 2.45) is 0 Å². The third-order valence-corrected chi connectivity index (χ3v) is 5.16. The van der Waals surface area contributed by atoms with Crippen LogP contribution >= 0.6 is 23.1 Å². The number of halogens is 2. The summed E-state index contributed by atoms with van der Waals surface area (Å²) in [7, 11) is 0. The molecule has 0 spiro atoms. The molecule has 0 aliphatic heterocycles. The van der Waals surface area contributed by atoms with Crippen molar-refractivity contribution in [2.45, 2.75) is 17.3 Å². The fourth-order valence-electron chi connectivity index (χ4n) is 2.16. The quantitative estimate of drug-likeness (QED) is 0.527. The number of thioether (sulfide) groups is 1. The number of aromatic amines is 1. The van der Waals surface area contributed by atoms with Crippen molar-refractivity contribution in [3.8, 4) is 10.7 Å². The minimum absolute atomic E-state index is 0.165. The highest BCUT2D eigenvalue weighted by molar-refractivity contribution is 7.99. The third-order valence-electron chi connectivity index (χ3n) is 3.32. The monoisotopic (exact) mass is 364 g/mol. The fourth-order valence-corrected chi connectivity index (χ4v) is 3.66. The lowest BCUT2D eigenvalue weighted by Crippen LogP contribution is -1.89. The van der Waals surface area contributed by atoms with E-state index < -0.39 is 11.6 Å². The van der Waals surface area contributed by atoms with E-state index in [1.54, 1.807) is 0 Å². The largest absolute Gasteiger partial charge is 0.338 e. The molecular weight excluding hydrogens is 354 g/mol. The molecule has 0 amide bonds. The summed E-state index contributed by atoms with van der Waals surface area (Å²) in [5.41, 5.74) is 0.807. The number of fused-ring (bicyclic) bond motifs is 1. The van der Waals surface area contributed by atoms with Crippen molar-refractivity contribution < 1.29 is 13.3 Å². The lowest BCUT2D eigenvalue weighted by atomic mass is 10.3. The maximum Gasteiger partial charge on any atom is 0.240 e. The zero-order valence-electron chi connectivity index (χ0n) is 12.3. The molecule has 4 aromatic rings. The van der Waals surface area contributed by atoms with E-state index in [2.05, 4.69) is 20.1 Å². The number of thiophene rings is 1. The van der Waals surface area contributed by atoms with Gasteiger partial charge in [0.2, 0.25) is 11.7 Å². The first kappa shape index (κ1) is 15.3. The molecule has 0 radical (unpaired) electrons. The molecule has 1 aromatic carbocycles. The topological polar surface area (TPSA) is 67.6 Å². The molecule has 24 heavy (non-hydrogen) atoms. The molecule has 1 N–H and O–H groups in total. The molecule has 122 valence electrons. The van der Waals surface area contributed by atoms with Gasteiger partial charge in [-0.3, -0.25) is 0 Å². The molecule has 1 unspecified atom stereocenters. The van der Waals surface area contributed by atoms with Crippen molar-refractivity contribution >= 4 is 34.1 Å². The Labute approximate surface area is 143 Å². The van der Waals surface area contributed by atoms with Crippen LogP contribution in [0.1, 0.15) is 18.1 Å². The molecule has 5 nitrogen and oxygen atoms in total. The second-order valence-electron chi connectivity index (χ2n) is 5.02. The highest BCUT2D eigenvalue weighted by atomic mass is 32.2. The van der Waals surface area contributed by atoms with Gasteiger partial charge < -0.3 is 9.51 Å². The van der Waals surface area contributed by atoms with Crippen molar-refractivity contribution in [3.05, 3.63) is 47.2 Å². The highest BCUT2D eigenvalue weighted by Gasteiger charge is 2.19. The van der Waals surface area contributed by atoms with Gasteiger partial charge in [0, 0.05) is 12.1 Å². The van der Waals surface area contributed by atoms with E-state index in [0.717, 1.165) is 17.0 Å². The summed E-state index contributed by atoms with van der Waals surface area (Å²) < 4.78 is 31.8. The molecule has 0 aliphatic carbocycles. The lowest BCUT2D eigenvalue weighted by Gasteiger charge is -2.02. The van der Waals surface area contributed by atoms with Crippen molar-refractivity contribution in [2.75, 3.05) is 0 Å². The molecule has 0 saturated heterocycles. The number of aromatic nitrogens is 4. The smallest absolute Gasteiger partial charge is 0.240 e. The number of rotatable bonds is 4. The average Bonchev–Trinajstić information content (AvgIpc) is 3.27. The summed E-state index contributed by atoms with van der Waals surface area (Å²) in [5, 5.41) is 6.27. The van der Waals surface area contributed by atoms with Gasteiger partial charge in [-0.25, -0.2) is 13.8 Å². The van der Waals surface area contributed by atoms with E-state index in [9.17, 15) is 8.78 Å². The van der Waals surface area contributed by atoms with Crippen LogP contribution in [0.4, 0.5) is 8.78 Å². The van der Waals surface area contributed by atoms with Crippen LogP contribution in [-0.2, 0) is 0 Å². The van der Waals surface area contributed by atoms with Crippen LogP contribution in [0, 0.1) is 11.6 Å². The van der Waals surface area contributed by atoms with Gasteiger partial charge in [-0.2, -0.15) is 4.98 Å². The SMILES string of the molecule is CC(Sc1nc2cc(F)c(F)cc2[nH]1)c1nc(-c2cccs2)no1. The lowest BCUT2D eigenvalue weighted by molar-refractivity contribution is 0.381. The normalized spacial score (nSPS) is 12.8. The maximum atomic E-state index is 13.3. The van der Waals surface area contributed by atoms with Gasteiger partial charge >= 0.3 is 0 Å². The van der Waals surface area contributed by atoms with Gasteiger partial charge in [-0.15, -0.1) is 11.3 Å². The van der Waals surface area contributed by atoms with Gasteiger partial charge in [-0.1, -0.05) is 23.0 Å².